The Labute approximate surface area is 528 Å². The first-order valence-electron chi connectivity index (χ1n) is 31.2. The fraction of sp³-hybridized carbons (Fsp3) is 0.418. The predicted octanol–water partition coefficient (Wildman–Crippen LogP) is 10.1. The smallest absolute Gasteiger partial charge is 0.390 e. The molecular weight excluding hydrogens is 1190 g/mol. The lowest BCUT2D eigenvalue weighted by molar-refractivity contribution is -0.138. The highest BCUT2D eigenvalue weighted by Crippen LogP contribution is 2.42. The van der Waals surface area contributed by atoms with E-state index in [1.807, 2.05) is 78.5 Å². The van der Waals surface area contributed by atoms with E-state index in [9.17, 15) is 36.6 Å². The second-order valence-corrected chi connectivity index (χ2v) is 25.3. The Morgan fingerprint density at radius 2 is 1.35 bits per heavy atom. The molecule has 482 valence electrons. The molecule has 0 spiro atoms. The molecule has 0 bridgehead atoms. The normalized spacial score (nSPS) is 18.5. The number of halogens is 3. The minimum absolute atomic E-state index is 0.114. The summed E-state index contributed by atoms with van der Waals surface area (Å²) in [4.78, 5) is 40.6. The number of carbonyl (C=O) groups is 1. The van der Waals surface area contributed by atoms with Crippen LogP contribution in [0.15, 0.2) is 139 Å². The standard InChI is InChI=1S/C67H79F3N12O8S/c1-78(2)59-15-7-14-55-54(59)13-8-16-60(55)91(86,87)77-50-12-6-11-49(41-50)56-42-73-66(75-62(56)81-29-25-53(61(81)64(84)85)47-9-4-3-5-10-47)72-28-35-88-37-39-90-40-38-89-36-34-79-30-32-80(33-31-79)44-46-17-19-48(20-18-46)58-45-82(51-21-23-52(83)24-22-51)63-57(58)43-74-65(76-63)71-27-26-67(68,69)70/h3-20,41-43,45,51-53,61,77,83H,21-40,44H2,1-2H3,(H,84,85)(H,71,74,76)(H,72,73,75)/t51-,52-,53?,61?. The molecule has 91 heavy (non-hydrogen) atoms. The minimum Gasteiger partial charge on any atom is -0.480 e. The zero-order valence-electron chi connectivity index (χ0n) is 51.3. The molecule has 2 atom stereocenters. The Kier molecular flexibility index (Phi) is 21.0. The third kappa shape index (κ3) is 16.2. The maximum atomic E-state index is 14.1. The van der Waals surface area contributed by atoms with E-state index >= 15 is 0 Å². The Balaban J connectivity index is 0.615. The number of carboxylic acids is 1. The number of hydrogen-bond acceptors (Lipinski definition) is 17. The van der Waals surface area contributed by atoms with Crippen LogP contribution >= 0.6 is 0 Å². The van der Waals surface area contributed by atoms with Crippen LogP contribution in [0.2, 0.25) is 0 Å². The molecule has 24 heteroatoms. The van der Waals surface area contributed by atoms with Crippen molar-refractivity contribution in [2.24, 2.45) is 0 Å². The van der Waals surface area contributed by atoms with Gasteiger partial charge < -0.3 is 49.4 Å². The first-order chi connectivity index (χ1) is 44.0. The van der Waals surface area contributed by atoms with E-state index in [0.29, 0.717) is 106 Å². The fourth-order valence-corrected chi connectivity index (χ4v) is 13.9. The van der Waals surface area contributed by atoms with Gasteiger partial charge >= 0.3 is 12.1 Å². The SMILES string of the molecule is CN(C)c1cccc2c(S(=O)(=O)Nc3cccc(-c4cnc(NCCOCCOCCOCCN5CCN(Cc6ccc(-c7cn([C@H]8CC[C@H](O)CC8)c8nc(NCCC(F)(F)F)ncc78)cc6)CC5)nc4N4CCC(c5ccccc5)C4C(=O)O)c3)cccc12. The number of sulfonamides is 1. The molecule has 0 amide bonds. The van der Waals surface area contributed by atoms with E-state index in [1.165, 1.54) is 5.56 Å². The molecular formula is C67H79F3N12O8S. The van der Waals surface area contributed by atoms with Gasteiger partial charge in [-0.2, -0.15) is 23.1 Å². The number of anilines is 5. The van der Waals surface area contributed by atoms with E-state index in [-0.39, 0.29) is 41.4 Å². The lowest BCUT2D eigenvalue weighted by atomic mass is 9.91. The quantitative estimate of drug-likeness (QED) is 0.0288. The van der Waals surface area contributed by atoms with Crippen molar-refractivity contribution in [2.45, 2.75) is 80.2 Å². The molecule has 5 heterocycles. The number of aliphatic hydroxyl groups is 1. The third-order valence-electron chi connectivity index (χ3n) is 17.3. The molecule has 3 aliphatic rings. The molecule has 3 aromatic heterocycles. The van der Waals surface area contributed by atoms with Gasteiger partial charge in [-0.3, -0.25) is 14.5 Å². The maximum Gasteiger partial charge on any atom is 0.390 e. The van der Waals surface area contributed by atoms with E-state index in [2.05, 4.69) is 70.2 Å². The van der Waals surface area contributed by atoms with Crippen molar-refractivity contribution in [1.82, 2.24) is 34.3 Å². The second kappa shape index (κ2) is 29.5. The molecule has 2 unspecified atom stereocenters. The summed E-state index contributed by atoms with van der Waals surface area (Å²) in [7, 11) is -0.237. The highest BCUT2D eigenvalue weighted by molar-refractivity contribution is 7.93. The number of benzene rings is 5. The Bertz CT molecular complexity index is 3850. The van der Waals surface area contributed by atoms with Crippen molar-refractivity contribution in [3.8, 4) is 22.3 Å². The van der Waals surface area contributed by atoms with Crippen molar-refractivity contribution >= 4 is 66.9 Å². The molecule has 2 aliphatic heterocycles. The molecule has 3 fully saturated rings. The lowest BCUT2D eigenvalue weighted by Gasteiger charge is -2.34. The molecule has 5 N–H and O–H groups in total. The molecule has 11 rings (SSSR count). The van der Waals surface area contributed by atoms with Gasteiger partial charge in [-0.05, 0) is 78.6 Å². The first kappa shape index (κ1) is 64.6. The third-order valence-corrected chi connectivity index (χ3v) is 18.7. The van der Waals surface area contributed by atoms with E-state index in [1.54, 1.807) is 48.8 Å². The Morgan fingerprint density at radius 1 is 0.681 bits per heavy atom. The number of aromatic nitrogens is 5. The van der Waals surface area contributed by atoms with Crippen LogP contribution in [-0.4, -0.2) is 183 Å². The number of nitrogens with zero attached hydrogens (tertiary/aromatic N) is 9. The van der Waals surface area contributed by atoms with Crippen molar-refractivity contribution in [2.75, 3.05) is 131 Å². The number of rotatable bonds is 28. The molecule has 20 nitrogen and oxygen atoms in total. The summed E-state index contributed by atoms with van der Waals surface area (Å²) < 4.78 is 89.3. The van der Waals surface area contributed by atoms with Crippen LogP contribution in [0, 0.1) is 0 Å². The van der Waals surface area contributed by atoms with Crippen LogP contribution in [-0.2, 0) is 35.6 Å². The number of fused-ring (bicyclic) bond motifs is 2. The number of aliphatic hydroxyl groups excluding tert-OH is 1. The largest absolute Gasteiger partial charge is 0.480 e. The number of piperazine rings is 1. The second-order valence-electron chi connectivity index (χ2n) is 23.6. The van der Waals surface area contributed by atoms with Crippen LogP contribution in [0.5, 0.6) is 0 Å². The average molecular weight is 1270 g/mol. The predicted molar refractivity (Wildman–Crippen MR) is 347 cm³/mol. The van der Waals surface area contributed by atoms with Gasteiger partial charge in [0.25, 0.3) is 10.0 Å². The van der Waals surface area contributed by atoms with Gasteiger partial charge in [0.05, 0.1) is 57.1 Å². The zero-order chi connectivity index (χ0) is 63.5. The van der Waals surface area contributed by atoms with Gasteiger partial charge in [0, 0.05) is 142 Å². The average Bonchev–Trinajstić information content (AvgIpc) is 1.77. The molecule has 2 saturated heterocycles. The topological polar surface area (TPSA) is 225 Å². The van der Waals surface area contributed by atoms with Gasteiger partial charge in [-0.1, -0.05) is 91.0 Å². The number of alkyl halides is 3. The van der Waals surface area contributed by atoms with Gasteiger partial charge in [0.1, 0.15) is 17.5 Å². The fourth-order valence-electron chi connectivity index (χ4n) is 12.6. The number of hydrogen-bond donors (Lipinski definition) is 5. The molecule has 0 radical (unpaired) electrons. The van der Waals surface area contributed by atoms with Gasteiger partial charge in [-0.25, -0.2) is 23.2 Å². The van der Waals surface area contributed by atoms with Gasteiger partial charge in [0.2, 0.25) is 11.9 Å². The first-order valence-corrected chi connectivity index (χ1v) is 32.6. The number of aliphatic carboxylic acids is 1. The van der Waals surface area contributed by atoms with E-state index in [0.717, 1.165) is 85.3 Å². The van der Waals surface area contributed by atoms with Crippen molar-refractivity contribution < 1.29 is 50.8 Å². The van der Waals surface area contributed by atoms with E-state index in [4.69, 9.17) is 24.2 Å². The molecule has 1 saturated carbocycles. The number of ether oxygens (including phenoxy) is 3. The zero-order valence-corrected chi connectivity index (χ0v) is 52.1. The minimum atomic E-state index is -4.28. The molecule has 5 aromatic carbocycles. The van der Waals surface area contributed by atoms with Crippen LogP contribution in [0.3, 0.4) is 0 Å². The Hall–Kier alpha value is -7.97. The summed E-state index contributed by atoms with van der Waals surface area (Å²) in [5.74, 6) is -0.439. The van der Waals surface area contributed by atoms with Crippen LogP contribution in [0.1, 0.15) is 61.6 Å². The number of carboxylic acid groups (broad SMARTS) is 1. The number of nitrogens with one attached hydrogen (secondary N) is 3. The highest BCUT2D eigenvalue weighted by Gasteiger charge is 2.42. The van der Waals surface area contributed by atoms with Crippen molar-refractivity contribution in [3.63, 3.8) is 0 Å². The summed E-state index contributed by atoms with van der Waals surface area (Å²) >= 11 is 0. The van der Waals surface area contributed by atoms with Crippen LogP contribution in [0.25, 0.3) is 44.1 Å². The van der Waals surface area contributed by atoms with Gasteiger partial charge in [-0.15, -0.1) is 0 Å². The van der Waals surface area contributed by atoms with Crippen molar-refractivity contribution in [1.29, 1.82) is 0 Å². The van der Waals surface area contributed by atoms with Crippen LogP contribution < -0.4 is 25.2 Å². The summed E-state index contributed by atoms with van der Waals surface area (Å²) in [6.45, 7) is 8.40. The summed E-state index contributed by atoms with van der Waals surface area (Å²) in [5, 5.41) is 29.2. The van der Waals surface area contributed by atoms with Crippen LogP contribution in [0.4, 0.5) is 42.3 Å². The highest BCUT2D eigenvalue weighted by atomic mass is 32.2. The molecule has 8 aromatic rings. The Morgan fingerprint density at radius 3 is 2.09 bits per heavy atom. The van der Waals surface area contributed by atoms with Gasteiger partial charge in [0.15, 0.2) is 0 Å². The summed E-state index contributed by atoms with van der Waals surface area (Å²) in [5.41, 5.74) is 7.10. The summed E-state index contributed by atoms with van der Waals surface area (Å²) in [6, 6.07) is 35.1. The summed E-state index contributed by atoms with van der Waals surface area (Å²) in [6.07, 6.45) is 3.33. The lowest BCUT2D eigenvalue weighted by Crippen LogP contribution is -2.46. The van der Waals surface area contributed by atoms with Crippen molar-refractivity contribution in [3.05, 3.63) is 145 Å². The maximum absolute atomic E-state index is 14.1. The monoisotopic (exact) mass is 1270 g/mol. The van der Waals surface area contributed by atoms with E-state index < -0.39 is 34.6 Å². The molecule has 1 aliphatic carbocycles.